The number of aryl methyl sites for hydroxylation is 2. The first-order valence-electron chi connectivity index (χ1n) is 7.88. The highest BCUT2D eigenvalue weighted by molar-refractivity contribution is 5.88. The van der Waals surface area contributed by atoms with E-state index in [0.29, 0.717) is 12.0 Å². The fourth-order valence-electron chi connectivity index (χ4n) is 2.80. The molecule has 2 aromatic rings. The number of nitrogens with one attached hydrogen (secondary N) is 1. The van der Waals surface area contributed by atoms with Crippen molar-refractivity contribution >= 4 is 11.9 Å². The molecule has 0 aliphatic carbocycles. The summed E-state index contributed by atoms with van der Waals surface area (Å²) in [5.41, 5.74) is 4.11. The van der Waals surface area contributed by atoms with Gasteiger partial charge in [-0.05, 0) is 50.5 Å². The van der Waals surface area contributed by atoms with E-state index in [0.717, 1.165) is 17.0 Å². The van der Waals surface area contributed by atoms with Crippen LogP contribution in [-0.2, 0) is 24.7 Å². The zero-order chi connectivity index (χ0) is 17.9. The molecular weight excluding hydrogens is 306 g/mol. The molecule has 1 aromatic carbocycles. The number of hydrogen-bond donors (Lipinski definition) is 2. The highest BCUT2D eigenvalue weighted by Gasteiger charge is 2.15. The van der Waals surface area contributed by atoms with Crippen molar-refractivity contribution in [1.29, 1.82) is 0 Å². The summed E-state index contributed by atoms with van der Waals surface area (Å²) in [4.78, 5) is 23.2. The minimum Gasteiger partial charge on any atom is -0.478 e. The Bertz CT molecular complexity index is 765. The lowest BCUT2D eigenvalue weighted by Gasteiger charge is -2.14. The second kappa shape index (κ2) is 7.29. The topological polar surface area (TPSA) is 84.2 Å². The molecule has 1 aromatic heterocycles. The normalized spacial score (nSPS) is 12.0. The number of carboxylic acid groups (broad SMARTS) is 1. The van der Waals surface area contributed by atoms with E-state index in [1.807, 2.05) is 32.5 Å². The average molecular weight is 329 g/mol. The third kappa shape index (κ3) is 4.22. The third-order valence-electron chi connectivity index (χ3n) is 4.12. The van der Waals surface area contributed by atoms with Crippen LogP contribution in [0, 0.1) is 13.8 Å². The fraction of sp³-hybridized carbons (Fsp3) is 0.389. The Morgan fingerprint density at radius 1 is 1.33 bits per heavy atom. The number of benzene rings is 1. The standard InChI is InChI=1S/C18H23N3O3/c1-11(8-16-12(2)20-21(4)13(16)3)19-17(22)10-14-6-5-7-15(9-14)18(23)24/h5-7,9,11H,8,10H2,1-4H3,(H,19,22)(H,23,24). The second-order valence-corrected chi connectivity index (χ2v) is 6.13. The molecule has 2 N–H and O–H groups in total. The number of carbonyl (C=O) groups is 2. The van der Waals surface area contributed by atoms with Crippen molar-refractivity contribution in [2.75, 3.05) is 0 Å². The lowest BCUT2D eigenvalue weighted by Crippen LogP contribution is -2.35. The Hall–Kier alpha value is -2.63. The van der Waals surface area contributed by atoms with Crippen LogP contribution in [0.3, 0.4) is 0 Å². The maximum absolute atomic E-state index is 12.2. The van der Waals surface area contributed by atoms with Crippen molar-refractivity contribution in [3.05, 3.63) is 52.3 Å². The maximum Gasteiger partial charge on any atom is 0.335 e. The lowest BCUT2D eigenvalue weighted by atomic mass is 10.0. The molecule has 0 bridgehead atoms. The van der Waals surface area contributed by atoms with Crippen molar-refractivity contribution in [3.8, 4) is 0 Å². The molecule has 0 aliphatic heterocycles. The number of nitrogens with zero attached hydrogens (tertiary/aromatic N) is 2. The van der Waals surface area contributed by atoms with Gasteiger partial charge in [-0.2, -0.15) is 5.10 Å². The highest BCUT2D eigenvalue weighted by atomic mass is 16.4. The van der Waals surface area contributed by atoms with Crippen molar-refractivity contribution in [2.24, 2.45) is 7.05 Å². The number of carboxylic acids is 1. The molecule has 0 fully saturated rings. The largest absolute Gasteiger partial charge is 0.478 e. The quantitative estimate of drug-likeness (QED) is 0.849. The molecule has 2 rings (SSSR count). The molecule has 0 saturated carbocycles. The predicted molar refractivity (Wildman–Crippen MR) is 91.1 cm³/mol. The number of amides is 1. The van der Waals surface area contributed by atoms with E-state index in [2.05, 4.69) is 10.4 Å². The van der Waals surface area contributed by atoms with Crippen LogP contribution in [-0.4, -0.2) is 32.8 Å². The van der Waals surface area contributed by atoms with E-state index in [9.17, 15) is 9.59 Å². The molecule has 6 nitrogen and oxygen atoms in total. The zero-order valence-electron chi connectivity index (χ0n) is 14.5. The molecule has 1 amide bonds. The number of rotatable bonds is 6. The van der Waals surface area contributed by atoms with E-state index in [1.165, 1.54) is 12.1 Å². The first kappa shape index (κ1) is 17.7. The summed E-state index contributed by atoms with van der Waals surface area (Å²) in [5, 5.41) is 16.3. The fourth-order valence-corrected chi connectivity index (χ4v) is 2.80. The van der Waals surface area contributed by atoms with Gasteiger partial charge in [0.2, 0.25) is 5.91 Å². The minimum atomic E-state index is -0.992. The zero-order valence-corrected chi connectivity index (χ0v) is 14.5. The van der Waals surface area contributed by atoms with Gasteiger partial charge in [0.1, 0.15) is 0 Å². The van der Waals surface area contributed by atoms with Crippen molar-refractivity contribution in [1.82, 2.24) is 15.1 Å². The van der Waals surface area contributed by atoms with Crippen molar-refractivity contribution in [2.45, 2.75) is 39.7 Å². The van der Waals surface area contributed by atoms with Gasteiger partial charge in [0.15, 0.2) is 0 Å². The third-order valence-corrected chi connectivity index (χ3v) is 4.12. The molecule has 0 saturated heterocycles. The summed E-state index contributed by atoms with van der Waals surface area (Å²) in [7, 11) is 1.91. The molecule has 0 spiro atoms. The summed E-state index contributed by atoms with van der Waals surface area (Å²) in [6.07, 6.45) is 0.878. The van der Waals surface area contributed by atoms with E-state index < -0.39 is 5.97 Å². The summed E-state index contributed by atoms with van der Waals surface area (Å²) < 4.78 is 1.84. The molecule has 0 aliphatic rings. The van der Waals surface area contributed by atoms with Gasteiger partial charge in [0.25, 0.3) is 0 Å². The molecule has 1 atom stereocenters. The summed E-state index contributed by atoms with van der Waals surface area (Å²) in [6.45, 7) is 5.94. The molecule has 0 radical (unpaired) electrons. The van der Waals surface area contributed by atoms with Crippen molar-refractivity contribution in [3.63, 3.8) is 0 Å². The van der Waals surface area contributed by atoms with Crippen LogP contribution in [0.25, 0.3) is 0 Å². The monoisotopic (exact) mass is 329 g/mol. The average Bonchev–Trinajstić information content (AvgIpc) is 2.73. The van der Waals surface area contributed by atoms with Crippen LogP contribution in [0.1, 0.15) is 39.8 Å². The highest BCUT2D eigenvalue weighted by Crippen LogP contribution is 2.14. The summed E-state index contributed by atoms with van der Waals surface area (Å²) in [5.74, 6) is -1.11. The molecule has 24 heavy (non-hydrogen) atoms. The van der Waals surface area contributed by atoms with Gasteiger partial charge in [0, 0.05) is 18.8 Å². The van der Waals surface area contributed by atoms with Gasteiger partial charge in [-0.1, -0.05) is 12.1 Å². The SMILES string of the molecule is Cc1nn(C)c(C)c1CC(C)NC(=O)Cc1cccc(C(=O)O)c1. The Kier molecular flexibility index (Phi) is 5.39. The summed E-state index contributed by atoms with van der Waals surface area (Å²) >= 11 is 0. The molecular formula is C18H23N3O3. The number of carbonyl (C=O) groups excluding carboxylic acids is 1. The maximum atomic E-state index is 12.2. The minimum absolute atomic E-state index is 0.0262. The van der Waals surface area contributed by atoms with Crippen LogP contribution in [0.15, 0.2) is 24.3 Å². The van der Waals surface area contributed by atoms with Gasteiger partial charge in [0.05, 0.1) is 17.7 Å². The van der Waals surface area contributed by atoms with Gasteiger partial charge in [-0.3, -0.25) is 9.48 Å². The number of aromatic carboxylic acids is 1. The predicted octanol–water partition coefficient (Wildman–Crippen LogP) is 2.03. The first-order chi connectivity index (χ1) is 11.3. The molecule has 1 heterocycles. The Morgan fingerprint density at radius 3 is 2.62 bits per heavy atom. The van der Waals surface area contributed by atoms with E-state index in [1.54, 1.807) is 12.1 Å². The smallest absolute Gasteiger partial charge is 0.335 e. The second-order valence-electron chi connectivity index (χ2n) is 6.13. The van der Waals surface area contributed by atoms with Crippen LogP contribution < -0.4 is 5.32 Å². The van der Waals surface area contributed by atoms with Gasteiger partial charge >= 0.3 is 5.97 Å². The van der Waals surface area contributed by atoms with Gasteiger partial charge in [-0.15, -0.1) is 0 Å². The first-order valence-corrected chi connectivity index (χ1v) is 7.88. The Morgan fingerprint density at radius 2 is 2.04 bits per heavy atom. The molecule has 1 unspecified atom stereocenters. The van der Waals surface area contributed by atoms with Crippen LogP contribution in [0.4, 0.5) is 0 Å². The van der Waals surface area contributed by atoms with E-state index in [4.69, 9.17) is 5.11 Å². The van der Waals surface area contributed by atoms with Crippen LogP contribution in [0.2, 0.25) is 0 Å². The molecule has 6 heteroatoms. The number of hydrogen-bond acceptors (Lipinski definition) is 3. The number of aromatic nitrogens is 2. The van der Waals surface area contributed by atoms with Crippen molar-refractivity contribution < 1.29 is 14.7 Å². The Labute approximate surface area is 141 Å². The van der Waals surface area contributed by atoms with Crippen LogP contribution >= 0.6 is 0 Å². The van der Waals surface area contributed by atoms with E-state index >= 15 is 0 Å². The molecule has 128 valence electrons. The summed E-state index contributed by atoms with van der Waals surface area (Å²) in [6, 6.07) is 6.42. The van der Waals surface area contributed by atoms with Gasteiger partial charge in [-0.25, -0.2) is 4.79 Å². The van der Waals surface area contributed by atoms with Gasteiger partial charge < -0.3 is 10.4 Å². The van der Waals surface area contributed by atoms with E-state index in [-0.39, 0.29) is 23.9 Å². The lowest BCUT2D eigenvalue weighted by molar-refractivity contribution is -0.121. The van der Waals surface area contributed by atoms with Crippen LogP contribution in [0.5, 0.6) is 0 Å². The Balaban J connectivity index is 1.97.